The van der Waals surface area contributed by atoms with Gasteiger partial charge in [-0.05, 0) is 68.1 Å². The zero-order valence-corrected chi connectivity index (χ0v) is 63.3. The third kappa shape index (κ3) is 22.5. The zero-order valence-electron chi connectivity index (χ0n) is 63.3. The number of nitrogens with one attached hydrogen (secondary N) is 6. The molecule has 0 unspecified atom stereocenters. The maximum absolute atomic E-state index is 15.5. The number of benzene rings is 2. The van der Waals surface area contributed by atoms with E-state index in [1.165, 1.54) is 45.2 Å². The number of likely N-dealkylation sites (N-methyl/N-ethyl adjacent to an activating group) is 4. The number of carbonyl (C=O) groups is 16. The fraction of sp³-hybridized carbons (Fsp3) is 0.575. The summed E-state index contributed by atoms with van der Waals surface area (Å²) in [6.45, 7) is 5.54. The summed E-state index contributed by atoms with van der Waals surface area (Å²) < 4.78 is 39.4. The van der Waals surface area contributed by atoms with Gasteiger partial charge in [-0.1, -0.05) is 89.1 Å². The van der Waals surface area contributed by atoms with Crippen molar-refractivity contribution in [2.45, 2.75) is 173 Å². The van der Waals surface area contributed by atoms with Crippen molar-refractivity contribution in [1.29, 1.82) is 0 Å². The Kier molecular flexibility index (Phi) is 31.0. The summed E-state index contributed by atoms with van der Waals surface area (Å²) in [5.41, 5.74) is 0.169. The fourth-order valence-corrected chi connectivity index (χ4v) is 13.2. The Morgan fingerprint density at radius 1 is 0.578 bits per heavy atom. The Labute approximate surface area is 630 Å². The Hall–Kier alpha value is -11.1. The monoisotopic (exact) mass is 1530 g/mol. The van der Waals surface area contributed by atoms with Crippen molar-refractivity contribution in [3.05, 3.63) is 71.9 Å². The molecule has 4 saturated heterocycles. The number of methoxy groups -OCH3 is 1. The van der Waals surface area contributed by atoms with Crippen molar-refractivity contribution >= 4 is 106 Å². The van der Waals surface area contributed by atoms with E-state index in [2.05, 4.69) is 36.9 Å². The number of esters is 4. The standard InChI is InChI=1S/C73H99N13O23/c1-13-40(3)58-67(97)74-33-48(79-66(96)57-52(32-46-26-18-19-27-47(46)78-57)108-72-63(107-44(7)89)61(106-43(6)88)60(105-42(5)87)62(109-72)71(101)103-12)69(99)85-30-22-20-28-50(85)64(94)76-35-53(90)82(9)38-56(93)84(11)59(41(4)14-2)68(98)75-34-49(80-73(102)104-39-45-24-16-15-17-25-45)70(100)86-31-23-21-29-51(86)65(95)77-36-54(91)81(8)37-55(92)83(58)10/h15-19,24-27,32,40-41,48-51,58-63,72H,13-14,20-23,28-31,33-39H2,1-12H3,(H,74,97)(H,75,98)(H,76,94)(H,77,95)(H,79,96)(H,80,102)/t40-,41-,48+,49+,50-,51-,58-,59-,60-,61-,62-,63+,72+/m0/s1. The fourth-order valence-electron chi connectivity index (χ4n) is 13.2. The Balaban J connectivity index is 1.24. The number of nitrogens with zero attached hydrogens (tertiary/aromatic N) is 7. The summed E-state index contributed by atoms with van der Waals surface area (Å²) >= 11 is 0. The highest BCUT2D eigenvalue weighted by atomic mass is 16.7. The minimum atomic E-state index is -2.03. The summed E-state index contributed by atoms with van der Waals surface area (Å²) in [4.78, 5) is 237. The van der Waals surface area contributed by atoms with E-state index in [4.69, 9.17) is 33.2 Å². The molecule has 6 N–H and O–H groups in total. The van der Waals surface area contributed by atoms with Crippen molar-refractivity contribution < 1.29 is 110 Å². The third-order valence-corrected chi connectivity index (χ3v) is 19.5. The van der Waals surface area contributed by atoms with Crippen LogP contribution in [-0.2, 0) is 102 Å². The van der Waals surface area contributed by atoms with E-state index in [9.17, 15) is 67.1 Å². The Morgan fingerprint density at radius 3 is 1.53 bits per heavy atom. The summed E-state index contributed by atoms with van der Waals surface area (Å²) in [7, 11) is 6.20. The smallest absolute Gasteiger partial charge is 0.408 e. The van der Waals surface area contributed by atoms with Crippen LogP contribution in [-0.4, -0.2) is 284 Å². The van der Waals surface area contributed by atoms with Gasteiger partial charge in [-0.25, -0.2) is 14.6 Å². The number of rotatable bonds is 15. The summed E-state index contributed by atoms with van der Waals surface area (Å²) in [6.07, 6.45) is -8.19. The van der Waals surface area contributed by atoms with Crippen LogP contribution in [0.5, 0.6) is 5.75 Å². The molecule has 0 spiro atoms. The van der Waals surface area contributed by atoms with Crippen LogP contribution in [0.25, 0.3) is 10.9 Å². The summed E-state index contributed by atoms with van der Waals surface area (Å²) in [5.74, 6) is -15.1. The van der Waals surface area contributed by atoms with Crippen LogP contribution in [0.1, 0.15) is 116 Å². The molecule has 36 heteroatoms. The van der Waals surface area contributed by atoms with Gasteiger partial charge in [-0.15, -0.1) is 0 Å². The first-order chi connectivity index (χ1) is 51.8. The van der Waals surface area contributed by atoms with Crippen LogP contribution >= 0.6 is 0 Å². The summed E-state index contributed by atoms with van der Waals surface area (Å²) in [6, 6.07) is 7.75. The van der Waals surface area contributed by atoms with Gasteiger partial charge in [0.05, 0.1) is 38.8 Å². The molecule has 7 rings (SSSR count). The highest BCUT2D eigenvalue weighted by Crippen LogP contribution is 2.34. The van der Waals surface area contributed by atoms with Gasteiger partial charge in [0.2, 0.25) is 71.5 Å². The average molecular weight is 1530 g/mol. The first-order valence-corrected chi connectivity index (χ1v) is 36.1. The van der Waals surface area contributed by atoms with Crippen LogP contribution in [0.4, 0.5) is 4.79 Å². The highest BCUT2D eigenvalue weighted by molar-refractivity contribution is 6.02. The molecule has 36 nitrogen and oxygen atoms in total. The molecule has 12 amide bonds. The molecule has 2 aromatic carbocycles. The lowest BCUT2D eigenvalue weighted by molar-refractivity contribution is -0.282. The van der Waals surface area contributed by atoms with Gasteiger partial charge in [0.1, 0.15) is 42.9 Å². The number of aromatic nitrogens is 1. The normalized spacial score (nSPS) is 25.2. The highest BCUT2D eigenvalue weighted by Gasteiger charge is 2.56. The van der Waals surface area contributed by atoms with Crippen molar-refractivity contribution in [2.75, 3.05) is 87.7 Å². The molecule has 1 aromatic heterocycles. The molecule has 5 heterocycles. The van der Waals surface area contributed by atoms with E-state index in [0.717, 1.165) is 52.4 Å². The molecule has 3 aromatic rings. The van der Waals surface area contributed by atoms with Crippen LogP contribution in [0, 0.1) is 11.8 Å². The molecule has 13 atom stereocenters. The van der Waals surface area contributed by atoms with Gasteiger partial charge in [-0.3, -0.25) is 67.1 Å². The van der Waals surface area contributed by atoms with Gasteiger partial charge < -0.3 is 94.5 Å². The number of fused-ring (bicyclic) bond motifs is 3. The number of alkyl carbamates (subject to hydrolysis) is 1. The minimum Gasteiger partial charge on any atom is -0.467 e. The van der Waals surface area contributed by atoms with Crippen molar-refractivity contribution in [3.63, 3.8) is 0 Å². The lowest BCUT2D eigenvalue weighted by atomic mass is 9.96. The van der Waals surface area contributed by atoms with E-state index in [1.807, 2.05) is 0 Å². The molecule has 594 valence electrons. The van der Waals surface area contributed by atoms with Crippen LogP contribution in [0.3, 0.4) is 0 Å². The van der Waals surface area contributed by atoms with Gasteiger partial charge in [0.15, 0.2) is 29.8 Å². The first-order valence-electron chi connectivity index (χ1n) is 36.1. The molecule has 109 heavy (non-hydrogen) atoms. The lowest BCUT2D eigenvalue weighted by Gasteiger charge is -2.43. The largest absolute Gasteiger partial charge is 0.467 e. The molecule has 0 radical (unpaired) electrons. The van der Waals surface area contributed by atoms with Gasteiger partial charge in [0, 0.05) is 80.5 Å². The van der Waals surface area contributed by atoms with E-state index in [-0.39, 0.29) is 44.5 Å². The topological polar surface area (TPSA) is 442 Å². The van der Waals surface area contributed by atoms with E-state index >= 15 is 9.59 Å². The molecule has 0 aliphatic carbocycles. The predicted molar refractivity (Wildman–Crippen MR) is 383 cm³/mol. The van der Waals surface area contributed by atoms with Crippen molar-refractivity contribution in [3.8, 4) is 5.75 Å². The first kappa shape index (κ1) is 85.2. The molecule has 0 bridgehead atoms. The molecule has 4 aliphatic heterocycles. The number of hydrogen-bond acceptors (Lipinski definition) is 24. The number of pyridine rings is 1. The van der Waals surface area contributed by atoms with E-state index in [0.29, 0.717) is 43.1 Å². The van der Waals surface area contributed by atoms with Gasteiger partial charge in [0.25, 0.3) is 5.91 Å². The SMILES string of the molecule is CC[C@H](C)[C@H]1C(=O)NC[C@@H](NC(=O)c2nc3ccccc3cc2O[C@@H]2O[C@H](C(=O)OC)[C@@H](OC(C)=O)[C@H](OC(C)=O)[C@H]2OC(C)=O)C(=O)N2CCCC[C@H]2C(=O)NCC(=O)N(C)CC(=O)N(C)[C@@H]([C@@H](C)CC)C(=O)NC[C@@H](NC(=O)OCc2ccccc2)C(=O)N2CCCC[C@H]2C(=O)NCC(=O)N(C)CC(=O)N1C. The van der Waals surface area contributed by atoms with Crippen LogP contribution < -0.4 is 36.6 Å². The molecular weight excluding hydrogens is 1430 g/mol. The van der Waals surface area contributed by atoms with Crippen LogP contribution in [0.15, 0.2) is 60.7 Å². The minimum absolute atomic E-state index is 0.0136. The second-order valence-electron chi connectivity index (χ2n) is 27.3. The number of carbonyl (C=O) groups excluding carboxylic acids is 16. The van der Waals surface area contributed by atoms with Gasteiger partial charge >= 0.3 is 30.0 Å². The average Bonchev–Trinajstić information content (AvgIpc) is 0.768. The zero-order chi connectivity index (χ0) is 80.1. The molecule has 4 fully saturated rings. The second-order valence-corrected chi connectivity index (χ2v) is 27.3. The maximum atomic E-state index is 15.5. The Morgan fingerprint density at radius 2 is 1.05 bits per heavy atom. The van der Waals surface area contributed by atoms with Gasteiger partial charge in [-0.2, -0.15) is 0 Å². The predicted octanol–water partition coefficient (Wildman–Crippen LogP) is -0.396. The number of piperidine rings is 2. The van der Waals surface area contributed by atoms with Crippen molar-refractivity contribution in [1.82, 2.24) is 66.3 Å². The lowest BCUT2D eigenvalue weighted by Crippen LogP contribution is -2.64. The van der Waals surface area contributed by atoms with Crippen LogP contribution in [0.2, 0.25) is 0 Å². The number of ether oxygens (including phenoxy) is 7. The number of para-hydroxylation sites is 1. The number of amides is 12. The quantitative estimate of drug-likeness (QED) is 0.0833. The summed E-state index contributed by atoms with van der Waals surface area (Å²) in [5, 5.41) is 16.0. The third-order valence-electron chi connectivity index (χ3n) is 19.5. The Bertz CT molecular complexity index is 3870. The van der Waals surface area contributed by atoms with E-state index < -0.39 is 224 Å². The second kappa shape index (κ2) is 39.7. The van der Waals surface area contributed by atoms with E-state index in [1.54, 1.807) is 76.2 Å². The number of hydrogen-bond donors (Lipinski definition) is 6. The maximum Gasteiger partial charge on any atom is 0.408 e. The molecular formula is C73H99N13O23. The molecule has 4 aliphatic rings. The molecule has 0 saturated carbocycles. The van der Waals surface area contributed by atoms with Crippen molar-refractivity contribution in [2.24, 2.45) is 11.8 Å².